The number of hydrogen-bond donors (Lipinski definition) is 1. The number of anilines is 1. The fourth-order valence-electron chi connectivity index (χ4n) is 2.21. The fourth-order valence-corrected chi connectivity index (χ4v) is 3.34. The fraction of sp³-hybridized carbons (Fsp3) is 0.333. The van der Waals surface area contributed by atoms with Crippen molar-refractivity contribution >= 4 is 40.5 Å². The van der Waals surface area contributed by atoms with Gasteiger partial charge >= 0.3 is 5.97 Å². The van der Waals surface area contributed by atoms with Crippen molar-refractivity contribution in [1.82, 2.24) is 0 Å². The molecular formula is C18H20ClNO3S. The average Bonchev–Trinajstić information content (AvgIpc) is 2.91. The lowest BCUT2D eigenvalue weighted by Gasteiger charge is -2.13. The summed E-state index contributed by atoms with van der Waals surface area (Å²) >= 11 is 7.40. The van der Waals surface area contributed by atoms with Gasteiger partial charge in [0, 0.05) is 4.88 Å². The number of para-hydroxylation sites is 1. The summed E-state index contributed by atoms with van der Waals surface area (Å²) in [6.07, 6.45) is 1.03. The van der Waals surface area contributed by atoms with Crippen molar-refractivity contribution in [3.8, 4) is 0 Å². The number of benzene rings is 1. The summed E-state index contributed by atoms with van der Waals surface area (Å²) in [7, 11) is 0. The van der Waals surface area contributed by atoms with E-state index < -0.39 is 18.0 Å². The van der Waals surface area contributed by atoms with Crippen LogP contribution in [0.15, 0.2) is 30.3 Å². The molecule has 0 radical (unpaired) electrons. The molecule has 1 aromatic carbocycles. The summed E-state index contributed by atoms with van der Waals surface area (Å²) < 4.78 is 5.27. The van der Waals surface area contributed by atoms with E-state index in [1.807, 2.05) is 13.0 Å². The minimum Gasteiger partial charge on any atom is -0.448 e. The maximum Gasteiger partial charge on any atom is 0.349 e. The highest BCUT2D eigenvalue weighted by molar-refractivity contribution is 7.14. The monoisotopic (exact) mass is 365 g/mol. The highest BCUT2D eigenvalue weighted by Crippen LogP contribution is 2.24. The maximum atomic E-state index is 12.2. The highest BCUT2D eigenvalue weighted by atomic mass is 35.5. The Bertz CT molecular complexity index is 742. The van der Waals surface area contributed by atoms with Crippen molar-refractivity contribution in [1.29, 1.82) is 0 Å². The first kappa shape index (κ1) is 18.5. The molecule has 24 heavy (non-hydrogen) atoms. The van der Waals surface area contributed by atoms with Crippen molar-refractivity contribution in [2.24, 2.45) is 0 Å². The summed E-state index contributed by atoms with van der Waals surface area (Å²) in [4.78, 5) is 26.0. The summed E-state index contributed by atoms with van der Waals surface area (Å²) in [5.74, 6) is -0.897. The van der Waals surface area contributed by atoms with Crippen molar-refractivity contribution in [2.75, 3.05) is 5.32 Å². The van der Waals surface area contributed by atoms with Gasteiger partial charge in [0.2, 0.25) is 0 Å². The highest BCUT2D eigenvalue weighted by Gasteiger charge is 2.21. The van der Waals surface area contributed by atoms with Crippen LogP contribution in [0.4, 0.5) is 5.69 Å². The van der Waals surface area contributed by atoms with E-state index >= 15 is 0 Å². The second-order valence-corrected chi connectivity index (χ2v) is 7.12. The summed E-state index contributed by atoms with van der Waals surface area (Å²) in [5, 5.41) is 3.09. The van der Waals surface area contributed by atoms with Gasteiger partial charge in [0.25, 0.3) is 5.91 Å². The van der Waals surface area contributed by atoms with Crippen molar-refractivity contribution < 1.29 is 14.3 Å². The molecule has 0 saturated carbocycles. The number of amides is 1. The van der Waals surface area contributed by atoms with Crippen LogP contribution in [0.3, 0.4) is 0 Å². The van der Waals surface area contributed by atoms with E-state index in [1.54, 1.807) is 24.3 Å². The number of hydrogen-bond acceptors (Lipinski definition) is 4. The SMILES string of the molecule is CCCc1cc(C(=O)O[C@@H](C)C(=O)Nc2ccccc2Cl)sc1C. The number of carbonyl (C=O) groups is 2. The van der Waals surface area contributed by atoms with E-state index in [1.165, 1.54) is 18.3 Å². The molecule has 128 valence electrons. The van der Waals surface area contributed by atoms with E-state index in [-0.39, 0.29) is 0 Å². The number of ether oxygens (including phenoxy) is 1. The second kappa shape index (κ2) is 8.31. The van der Waals surface area contributed by atoms with Gasteiger partial charge < -0.3 is 10.1 Å². The van der Waals surface area contributed by atoms with E-state index in [2.05, 4.69) is 12.2 Å². The van der Waals surface area contributed by atoms with Gasteiger partial charge in [-0.15, -0.1) is 11.3 Å². The third-order valence-electron chi connectivity index (χ3n) is 3.53. The third-order valence-corrected chi connectivity index (χ3v) is 4.93. The van der Waals surface area contributed by atoms with Crippen LogP contribution in [0.5, 0.6) is 0 Å². The van der Waals surface area contributed by atoms with Gasteiger partial charge in [0.1, 0.15) is 4.88 Å². The number of carbonyl (C=O) groups excluding carboxylic acids is 2. The first-order valence-corrected chi connectivity index (χ1v) is 8.97. The zero-order valence-electron chi connectivity index (χ0n) is 13.9. The van der Waals surface area contributed by atoms with Crippen LogP contribution in [0.2, 0.25) is 5.02 Å². The Morgan fingerprint density at radius 2 is 2.04 bits per heavy atom. The average molecular weight is 366 g/mol. The molecular weight excluding hydrogens is 346 g/mol. The number of nitrogens with one attached hydrogen (secondary N) is 1. The Labute approximate surface area is 150 Å². The molecule has 6 heteroatoms. The predicted octanol–water partition coefficient (Wildman–Crippen LogP) is 4.85. The summed E-state index contributed by atoms with van der Waals surface area (Å²) in [6.45, 7) is 5.62. The van der Waals surface area contributed by atoms with Crippen molar-refractivity contribution in [2.45, 2.75) is 39.7 Å². The quantitative estimate of drug-likeness (QED) is 0.744. The molecule has 1 atom stereocenters. The van der Waals surface area contributed by atoms with Gasteiger partial charge in [-0.05, 0) is 44.0 Å². The van der Waals surface area contributed by atoms with Gasteiger partial charge in [-0.3, -0.25) is 4.79 Å². The number of aryl methyl sites for hydroxylation is 2. The van der Waals surface area contributed by atoms with E-state index in [9.17, 15) is 9.59 Å². The minimum absolute atomic E-state index is 0.418. The van der Waals surface area contributed by atoms with Gasteiger partial charge in [0.15, 0.2) is 6.10 Å². The molecule has 0 spiro atoms. The largest absolute Gasteiger partial charge is 0.448 e. The van der Waals surface area contributed by atoms with Gasteiger partial charge in [-0.1, -0.05) is 37.1 Å². The van der Waals surface area contributed by atoms with Crippen LogP contribution in [0.1, 0.15) is 40.4 Å². The molecule has 1 amide bonds. The predicted molar refractivity (Wildman–Crippen MR) is 98.0 cm³/mol. The van der Waals surface area contributed by atoms with E-state index in [4.69, 9.17) is 16.3 Å². The minimum atomic E-state index is -0.911. The standard InChI is InChI=1S/C18H20ClNO3S/c1-4-7-13-10-16(24-12(13)3)18(22)23-11(2)17(21)20-15-9-6-5-8-14(15)19/h5-6,8-11H,4,7H2,1-3H3,(H,20,21)/t11-/m0/s1. The van der Waals surface area contributed by atoms with Crippen LogP contribution >= 0.6 is 22.9 Å². The lowest BCUT2D eigenvalue weighted by Crippen LogP contribution is -2.29. The lowest BCUT2D eigenvalue weighted by atomic mass is 10.1. The molecule has 1 heterocycles. The molecule has 1 N–H and O–H groups in total. The normalized spacial score (nSPS) is 11.8. The Hall–Kier alpha value is -1.85. The molecule has 0 aliphatic rings. The van der Waals surface area contributed by atoms with Crippen molar-refractivity contribution in [3.05, 3.63) is 50.7 Å². The van der Waals surface area contributed by atoms with Crippen LogP contribution in [-0.4, -0.2) is 18.0 Å². The first-order valence-electron chi connectivity index (χ1n) is 7.78. The Morgan fingerprint density at radius 3 is 2.71 bits per heavy atom. The molecule has 0 unspecified atom stereocenters. The molecule has 0 aliphatic heterocycles. The molecule has 0 saturated heterocycles. The number of halogens is 1. The topological polar surface area (TPSA) is 55.4 Å². The molecule has 0 aliphatic carbocycles. The number of rotatable bonds is 6. The van der Waals surface area contributed by atoms with Gasteiger partial charge in [0.05, 0.1) is 10.7 Å². The lowest BCUT2D eigenvalue weighted by molar-refractivity contribution is -0.123. The molecule has 0 bridgehead atoms. The van der Waals surface area contributed by atoms with Gasteiger partial charge in [-0.2, -0.15) is 0 Å². The van der Waals surface area contributed by atoms with E-state index in [0.717, 1.165) is 23.3 Å². The maximum absolute atomic E-state index is 12.2. The number of esters is 1. The van der Waals surface area contributed by atoms with Gasteiger partial charge in [-0.25, -0.2) is 4.79 Å². The summed E-state index contributed by atoms with van der Waals surface area (Å²) in [6, 6.07) is 8.76. The Morgan fingerprint density at radius 1 is 1.33 bits per heavy atom. The molecule has 2 rings (SSSR count). The van der Waals surface area contributed by atoms with Crippen LogP contribution in [0.25, 0.3) is 0 Å². The molecule has 4 nitrogen and oxygen atoms in total. The molecule has 1 aromatic heterocycles. The first-order chi connectivity index (χ1) is 11.4. The van der Waals surface area contributed by atoms with Crippen LogP contribution < -0.4 is 5.32 Å². The Balaban J connectivity index is 1.99. The summed E-state index contributed by atoms with van der Waals surface area (Å²) in [5.41, 5.74) is 1.65. The molecule has 2 aromatic rings. The molecule has 0 fully saturated rings. The number of thiophene rings is 1. The van der Waals surface area contributed by atoms with Crippen LogP contribution in [-0.2, 0) is 16.0 Å². The van der Waals surface area contributed by atoms with Crippen LogP contribution in [0, 0.1) is 6.92 Å². The van der Waals surface area contributed by atoms with E-state index in [0.29, 0.717) is 15.6 Å². The zero-order valence-corrected chi connectivity index (χ0v) is 15.5. The Kier molecular flexibility index (Phi) is 6.40. The third kappa shape index (κ3) is 4.58. The zero-order chi connectivity index (χ0) is 17.7. The second-order valence-electron chi connectivity index (χ2n) is 5.46. The smallest absolute Gasteiger partial charge is 0.349 e. The van der Waals surface area contributed by atoms with Crippen molar-refractivity contribution in [3.63, 3.8) is 0 Å².